The molecular weight excluding hydrogens is 1570 g/mol. The number of amides is 3. The standard InChI is InChI=1S/C86H129N11O24/c1-54-14-10-9-11-15-55(2)70(108-7)51-63-20-17-59(6)86(107,121-63)79(103)82(104)96-27-13-12-16-66(96)83(105)118-71(52-67(98)56(3)47-58(5)77(101)78(102)76(100)57(4)46-54)64(87)48-60-18-21-69(72(49-60)109-8)120-85(106)90-26-31-111-33-35-113-37-39-115-41-43-117-45-44-116-42-40-114-38-36-112-34-32-110-30-25-73(99)95-28-23-62(24-29-95)97-81-74(80(88)91-53-92-81)75(94-97)61-19-22-68-65(50-61)93-84(89)119-68/h9-11,14-15,19,22,47,50,53-54,56-57,59-60,62-64,66,69-72,77-78,101-102,107H,12-13,16-18,20-21,23-46,48-49,51-52,87H2,1-8H3,(H2,89,93)(H,90,106)(H2,88,91,92)/b11-9+,14-10+,55-15+,58-47+/t54-,56-,57-,59-,60+,63+,64-,66+,69-,70+,71+,72-,77-,78+,86-/m1/s1. The van der Waals surface area contributed by atoms with E-state index in [0.717, 1.165) is 16.0 Å². The number of alkyl carbamates (subject to hydrolysis) is 1. The number of aliphatic hydroxyl groups is 3. The van der Waals surface area contributed by atoms with Crippen LogP contribution in [0.3, 0.4) is 0 Å². The first-order chi connectivity index (χ1) is 58.3. The number of esters is 1. The Morgan fingerprint density at radius 3 is 1.99 bits per heavy atom. The number of nitrogens with one attached hydrogen (secondary N) is 1. The molecule has 4 fully saturated rings. The van der Waals surface area contributed by atoms with Crippen molar-refractivity contribution >= 4 is 75.2 Å². The van der Waals surface area contributed by atoms with Gasteiger partial charge in [0, 0.05) is 82.6 Å². The number of methoxy groups -OCH3 is 2. The molecule has 35 heteroatoms. The summed E-state index contributed by atoms with van der Waals surface area (Å²) in [4.78, 5) is 114. The van der Waals surface area contributed by atoms with Crippen molar-refractivity contribution in [3.8, 4) is 11.3 Å². The van der Waals surface area contributed by atoms with Gasteiger partial charge in [0.25, 0.3) is 17.7 Å². The minimum atomic E-state index is -2.51. The van der Waals surface area contributed by atoms with E-state index < -0.39 is 120 Å². The van der Waals surface area contributed by atoms with E-state index in [4.69, 9.17) is 88.3 Å². The first-order valence-corrected chi connectivity index (χ1v) is 42.7. The number of nitrogen functional groups attached to an aromatic ring is 2. The second kappa shape index (κ2) is 49.4. The third kappa shape index (κ3) is 28.7. The molecule has 2 bridgehead atoms. The van der Waals surface area contributed by atoms with Crippen molar-refractivity contribution in [2.45, 2.75) is 204 Å². The molecule has 3 saturated heterocycles. The number of allylic oxidation sites excluding steroid dienone is 6. The summed E-state index contributed by atoms with van der Waals surface area (Å²) in [5.74, 6) is -8.95. The van der Waals surface area contributed by atoms with E-state index >= 15 is 0 Å². The molecule has 10 N–H and O–H groups in total. The van der Waals surface area contributed by atoms with Gasteiger partial charge in [-0.15, -0.1) is 0 Å². The van der Waals surface area contributed by atoms with Gasteiger partial charge in [0.1, 0.15) is 59.6 Å². The van der Waals surface area contributed by atoms with E-state index in [9.17, 15) is 48.9 Å². The number of cyclic esters (lactones) is 1. The molecule has 7 heterocycles. The number of fused-ring (bicyclic) bond motifs is 5. The summed E-state index contributed by atoms with van der Waals surface area (Å²) in [5, 5.41) is 42.9. The van der Waals surface area contributed by atoms with Crippen molar-refractivity contribution in [1.82, 2.24) is 39.8 Å². The Bertz CT molecular complexity index is 4090. The van der Waals surface area contributed by atoms with Crippen molar-refractivity contribution in [1.29, 1.82) is 0 Å². The fourth-order valence-electron chi connectivity index (χ4n) is 16.1. The van der Waals surface area contributed by atoms with Gasteiger partial charge in [0.05, 0.1) is 142 Å². The summed E-state index contributed by atoms with van der Waals surface area (Å²) >= 11 is 0. The highest BCUT2D eigenvalue weighted by atomic mass is 16.6. The smallest absolute Gasteiger partial charge is 0.407 e. The number of carbonyl (C=O) groups excluding carboxylic acids is 7. The van der Waals surface area contributed by atoms with Gasteiger partial charge >= 0.3 is 12.1 Å². The van der Waals surface area contributed by atoms with Gasteiger partial charge in [0.2, 0.25) is 11.7 Å². The Hall–Kier alpha value is -8.11. The van der Waals surface area contributed by atoms with E-state index in [1.807, 2.05) is 65.9 Å². The molecule has 4 aliphatic heterocycles. The molecule has 672 valence electrons. The van der Waals surface area contributed by atoms with E-state index in [-0.39, 0.29) is 94.0 Å². The zero-order valence-corrected chi connectivity index (χ0v) is 71.5. The van der Waals surface area contributed by atoms with Gasteiger partial charge in [-0.2, -0.15) is 10.1 Å². The predicted octanol–water partition coefficient (Wildman–Crippen LogP) is 6.45. The van der Waals surface area contributed by atoms with Crippen LogP contribution in [-0.2, 0) is 90.3 Å². The second-order valence-electron chi connectivity index (χ2n) is 32.1. The van der Waals surface area contributed by atoms with Crippen molar-refractivity contribution < 1.29 is 115 Å². The number of carbonyl (C=O) groups is 7. The van der Waals surface area contributed by atoms with Crippen LogP contribution in [0.4, 0.5) is 16.6 Å². The minimum absolute atomic E-state index is 0.00219. The number of oxazole rings is 1. The maximum atomic E-state index is 14.6. The number of aliphatic hydroxyl groups excluding tert-OH is 2. The lowest BCUT2D eigenvalue weighted by atomic mass is 9.80. The third-order valence-electron chi connectivity index (χ3n) is 23.2. The maximum absolute atomic E-state index is 14.6. The number of hydrogen-bond acceptors (Lipinski definition) is 31. The largest absolute Gasteiger partial charge is 0.459 e. The molecule has 4 aromatic rings. The summed E-state index contributed by atoms with van der Waals surface area (Å²) in [6.07, 6.45) is 9.86. The van der Waals surface area contributed by atoms with Gasteiger partial charge < -0.3 is 114 Å². The molecule has 35 nitrogen and oxygen atoms in total. The Labute approximate surface area is 707 Å². The van der Waals surface area contributed by atoms with Gasteiger partial charge in [-0.25, -0.2) is 24.2 Å². The van der Waals surface area contributed by atoms with Crippen LogP contribution in [0.2, 0.25) is 0 Å². The molecule has 9 rings (SSSR count). The van der Waals surface area contributed by atoms with Crippen LogP contribution in [-0.4, -0.2) is 298 Å². The number of nitrogens with zero attached hydrogens (tertiary/aromatic N) is 7. The molecule has 15 atom stereocenters. The normalized spacial score (nSPS) is 28.1. The summed E-state index contributed by atoms with van der Waals surface area (Å²) in [7, 11) is 3.06. The zero-order valence-electron chi connectivity index (χ0n) is 71.5. The molecule has 1 saturated carbocycles. The number of ketones is 3. The molecule has 0 spiro atoms. The van der Waals surface area contributed by atoms with E-state index in [2.05, 4.69) is 20.3 Å². The van der Waals surface area contributed by atoms with Gasteiger partial charge in [0.15, 0.2) is 17.0 Å². The first kappa shape index (κ1) is 96.7. The lowest BCUT2D eigenvalue weighted by Gasteiger charge is -2.42. The number of ether oxygens (including phenoxy) is 13. The highest BCUT2D eigenvalue weighted by Gasteiger charge is 2.53. The van der Waals surface area contributed by atoms with Crippen molar-refractivity contribution in [3.63, 3.8) is 0 Å². The Balaban J connectivity index is 0.600. The maximum Gasteiger partial charge on any atom is 0.407 e. The number of rotatable bonds is 35. The first-order valence-electron chi connectivity index (χ1n) is 42.7. The quantitative estimate of drug-likeness (QED) is 0.0113. The Kier molecular flexibility index (Phi) is 39.5. The zero-order chi connectivity index (χ0) is 87.0. The van der Waals surface area contributed by atoms with Gasteiger partial charge in [-0.1, -0.05) is 64.2 Å². The Morgan fingerprint density at radius 2 is 1.35 bits per heavy atom. The minimum Gasteiger partial charge on any atom is -0.459 e. The van der Waals surface area contributed by atoms with Crippen LogP contribution in [0.5, 0.6) is 0 Å². The summed E-state index contributed by atoms with van der Waals surface area (Å²) < 4.78 is 82.2. The third-order valence-corrected chi connectivity index (χ3v) is 23.2. The number of benzene rings is 1. The van der Waals surface area contributed by atoms with Crippen LogP contribution in [0, 0.1) is 29.6 Å². The van der Waals surface area contributed by atoms with Crippen LogP contribution in [0.25, 0.3) is 33.4 Å². The lowest BCUT2D eigenvalue weighted by Crippen LogP contribution is -2.61. The average Bonchev–Trinajstić information content (AvgIpc) is 1.66. The fraction of sp³-hybridized carbons (Fsp3) is 0.686. The van der Waals surface area contributed by atoms with E-state index in [0.29, 0.717) is 197 Å². The number of likely N-dealkylation sites (tertiary alicyclic amines) is 1. The summed E-state index contributed by atoms with van der Waals surface area (Å²) in [6, 6.07) is 3.35. The summed E-state index contributed by atoms with van der Waals surface area (Å²) in [6.45, 7) is 17.2. The number of anilines is 2. The molecule has 3 aromatic heterocycles. The molecule has 0 radical (unpaired) electrons. The van der Waals surface area contributed by atoms with Gasteiger partial charge in [-0.3, -0.25) is 24.0 Å². The number of nitrogens with two attached hydrogens (primary N) is 3. The van der Waals surface area contributed by atoms with Crippen molar-refractivity contribution in [3.05, 3.63) is 72.1 Å². The lowest BCUT2D eigenvalue weighted by molar-refractivity contribution is -0.265. The molecule has 1 aliphatic carbocycles. The van der Waals surface area contributed by atoms with Crippen LogP contribution >= 0.6 is 0 Å². The fourth-order valence-corrected chi connectivity index (χ4v) is 16.1. The SMILES string of the molecule is CO[C@H]1C[C@@H]2CC[C@@H](C)[C@@](O)(O2)C(=O)C(=O)N2CCCC[C@H]2C(=O)O[C@H]([C@H](N)C[C@@H]2CC[C@@H](OC(=O)NCCOCCOCCOCCOCCOCCOCCOCCOCCC(=O)N3CCC(n4nc(-c5ccc6oc(N)nc6c5)c5c(N)ncnc54)CC3)[C@H](OC)C2)CC(=O)[C@H](C)/C=C(\C)[C@@H](O)[C@@H](O)C(=O)[C@H](C)C[C@H](C)/C=C/C=C/C=C/1C. The predicted molar refractivity (Wildman–Crippen MR) is 445 cm³/mol. The average molecular weight is 1700 g/mol. The molecule has 121 heavy (non-hydrogen) atoms. The van der Waals surface area contributed by atoms with Crippen molar-refractivity contribution in [2.24, 2.45) is 35.3 Å². The van der Waals surface area contributed by atoms with E-state index in [1.165, 1.54) is 26.4 Å². The van der Waals surface area contributed by atoms with E-state index in [1.54, 1.807) is 33.9 Å². The molecular formula is C86H129N11O24. The van der Waals surface area contributed by atoms with Gasteiger partial charge in [-0.05, 0) is 132 Å². The number of Topliss-reactive ketones (excluding diaryl/α,β-unsaturated/α-hetero) is 3. The highest BCUT2D eigenvalue weighted by Crippen LogP contribution is 2.40. The van der Waals surface area contributed by atoms with Crippen molar-refractivity contribution in [2.75, 3.05) is 158 Å². The topological polar surface area (TPSA) is 466 Å². The molecule has 0 unspecified atom stereocenters. The molecule has 5 aliphatic rings. The number of piperidine rings is 2. The number of hydrogen-bond donors (Lipinski definition) is 7. The molecule has 3 amide bonds. The van der Waals surface area contributed by atoms with Crippen LogP contribution in [0.15, 0.2) is 76.5 Å². The number of aromatic nitrogens is 5. The molecule has 1 aromatic carbocycles. The Morgan fingerprint density at radius 1 is 0.702 bits per heavy atom. The van der Waals surface area contributed by atoms with Crippen LogP contribution < -0.4 is 22.5 Å². The monoisotopic (exact) mass is 1700 g/mol. The van der Waals surface area contributed by atoms with Crippen LogP contribution in [0.1, 0.15) is 144 Å². The highest BCUT2D eigenvalue weighted by molar-refractivity contribution is 6.39. The summed E-state index contributed by atoms with van der Waals surface area (Å²) in [5.41, 5.74) is 23.4. The second-order valence-corrected chi connectivity index (χ2v) is 32.1.